The maximum absolute atomic E-state index is 10.8. The van der Waals surface area contributed by atoms with E-state index >= 15 is 0 Å². The molecule has 2 N–H and O–H groups in total. The van der Waals surface area contributed by atoms with Crippen LogP contribution in [-0.4, -0.2) is 18.3 Å². The van der Waals surface area contributed by atoms with Crippen LogP contribution in [-0.2, 0) is 4.74 Å². The van der Waals surface area contributed by atoms with Crippen LogP contribution in [0.15, 0.2) is 22.7 Å². The van der Waals surface area contributed by atoms with E-state index in [-0.39, 0.29) is 5.75 Å². The average molecular weight is 246 g/mol. The molecule has 0 saturated heterocycles. The highest BCUT2D eigenvalue weighted by Crippen LogP contribution is 2.26. The minimum atomic E-state index is -0.568. The van der Waals surface area contributed by atoms with E-state index in [0.29, 0.717) is 10.2 Å². The molecule has 1 aromatic carbocycles. The molecule has 5 heteroatoms. The fourth-order valence-corrected chi connectivity index (χ4v) is 1.01. The number of halogens is 1. The largest absolute Gasteiger partial charge is 0.507 e. The first kappa shape index (κ1) is 9.85. The molecule has 13 heavy (non-hydrogen) atoms. The number of carbonyl (C=O) groups excluding carboxylic acids is 1. The highest BCUT2D eigenvalue weighted by atomic mass is 79.9. The van der Waals surface area contributed by atoms with Gasteiger partial charge < -0.3 is 9.84 Å². The number of ether oxygens (including phenoxy) is 1. The number of amides is 1. The quantitative estimate of drug-likeness (QED) is 0.799. The third-order valence-corrected chi connectivity index (χ3v) is 2.05. The molecule has 70 valence electrons. The number of anilines is 1. The Morgan fingerprint density at radius 2 is 2.31 bits per heavy atom. The monoisotopic (exact) mass is 245 g/mol. The van der Waals surface area contributed by atoms with E-state index in [1.807, 2.05) is 0 Å². The summed E-state index contributed by atoms with van der Waals surface area (Å²) in [6.07, 6.45) is -0.568. The van der Waals surface area contributed by atoms with E-state index in [2.05, 4.69) is 26.0 Å². The maximum atomic E-state index is 10.8. The fraction of sp³-hybridized carbons (Fsp3) is 0.125. The highest BCUT2D eigenvalue weighted by molar-refractivity contribution is 9.10. The smallest absolute Gasteiger partial charge is 0.411 e. The van der Waals surface area contributed by atoms with Gasteiger partial charge in [-0.25, -0.2) is 4.79 Å². The van der Waals surface area contributed by atoms with Gasteiger partial charge in [0.2, 0.25) is 0 Å². The predicted molar refractivity (Wildman–Crippen MR) is 51.8 cm³/mol. The molecular weight excluding hydrogens is 238 g/mol. The Labute approximate surface area is 83.6 Å². The molecule has 0 aliphatic carbocycles. The first-order valence-electron chi connectivity index (χ1n) is 3.47. The van der Waals surface area contributed by atoms with Gasteiger partial charge in [-0.2, -0.15) is 0 Å². The van der Waals surface area contributed by atoms with Crippen LogP contribution in [0.4, 0.5) is 10.5 Å². The lowest BCUT2D eigenvalue weighted by atomic mass is 10.3. The fourth-order valence-electron chi connectivity index (χ4n) is 0.759. The molecule has 1 aromatic rings. The van der Waals surface area contributed by atoms with Crippen molar-refractivity contribution in [3.63, 3.8) is 0 Å². The Morgan fingerprint density at radius 3 is 2.85 bits per heavy atom. The van der Waals surface area contributed by atoms with Crippen molar-refractivity contribution in [2.75, 3.05) is 12.4 Å². The van der Waals surface area contributed by atoms with Gasteiger partial charge in [0.15, 0.2) is 0 Å². The number of phenolic OH excluding ortho intramolecular Hbond substituents is 1. The predicted octanol–water partition coefficient (Wildman–Crippen LogP) is 2.33. The van der Waals surface area contributed by atoms with Gasteiger partial charge in [-0.15, -0.1) is 0 Å². The number of rotatable bonds is 1. The number of benzene rings is 1. The molecule has 1 amide bonds. The van der Waals surface area contributed by atoms with Gasteiger partial charge in [0.05, 0.1) is 11.6 Å². The molecule has 4 nitrogen and oxygen atoms in total. The summed E-state index contributed by atoms with van der Waals surface area (Å²) in [6.45, 7) is 0. The van der Waals surface area contributed by atoms with Crippen LogP contribution in [0.2, 0.25) is 0 Å². The summed E-state index contributed by atoms with van der Waals surface area (Å²) in [5.74, 6) is 0.0638. The van der Waals surface area contributed by atoms with Gasteiger partial charge in [0.25, 0.3) is 0 Å². The summed E-state index contributed by atoms with van der Waals surface area (Å²) in [5, 5.41) is 11.7. The number of phenols is 1. The third kappa shape index (κ3) is 2.62. The van der Waals surface area contributed by atoms with E-state index in [4.69, 9.17) is 0 Å². The van der Waals surface area contributed by atoms with Crippen LogP contribution in [0.1, 0.15) is 0 Å². The number of methoxy groups -OCH3 is 1. The van der Waals surface area contributed by atoms with Crippen molar-refractivity contribution in [3.8, 4) is 5.75 Å². The van der Waals surface area contributed by atoms with Crippen LogP contribution in [0.3, 0.4) is 0 Å². The lowest BCUT2D eigenvalue weighted by Crippen LogP contribution is -2.10. The molecule has 0 aromatic heterocycles. The average Bonchev–Trinajstić information content (AvgIpc) is 2.11. The second kappa shape index (κ2) is 4.13. The summed E-state index contributed by atoms with van der Waals surface area (Å²) >= 11 is 3.12. The number of nitrogens with one attached hydrogen (secondary N) is 1. The molecule has 0 aliphatic heterocycles. The Kier molecular flexibility index (Phi) is 3.13. The highest BCUT2D eigenvalue weighted by Gasteiger charge is 2.02. The summed E-state index contributed by atoms with van der Waals surface area (Å²) in [7, 11) is 1.27. The zero-order valence-electron chi connectivity index (χ0n) is 6.87. The number of aromatic hydroxyl groups is 1. The van der Waals surface area contributed by atoms with Crippen molar-refractivity contribution < 1.29 is 14.6 Å². The minimum Gasteiger partial charge on any atom is -0.507 e. The maximum Gasteiger partial charge on any atom is 0.411 e. The normalized spacial score (nSPS) is 9.38. The van der Waals surface area contributed by atoms with Crippen LogP contribution < -0.4 is 5.32 Å². The molecule has 0 atom stereocenters. The van der Waals surface area contributed by atoms with Crippen molar-refractivity contribution in [3.05, 3.63) is 22.7 Å². The topological polar surface area (TPSA) is 58.6 Å². The van der Waals surface area contributed by atoms with Crippen molar-refractivity contribution >= 4 is 27.7 Å². The van der Waals surface area contributed by atoms with E-state index < -0.39 is 6.09 Å². The van der Waals surface area contributed by atoms with Crippen LogP contribution in [0.5, 0.6) is 5.75 Å². The van der Waals surface area contributed by atoms with E-state index in [0.717, 1.165) is 0 Å². The van der Waals surface area contributed by atoms with Gasteiger partial charge in [0, 0.05) is 11.8 Å². The van der Waals surface area contributed by atoms with Gasteiger partial charge in [-0.1, -0.05) is 0 Å². The number of carbonyl (C=O) groups is 1. The lowest BCUT2D eigenvalue weighted by molar-refractivity contribution is 0.187. The lowest BCUT2D eigenvalue weighted by Gasteiger charge is -2.04. The first-order valence-corrected chi connectivity index (χ1v) is 4.26. The van der Waals surface area contributed by atoms with Gasteiger partial charge in [-0.05, 0) is 28.1 Å². The molecule has 0 bridgehead atoms. The van der Waals surface area contributed by atoms with Crippen LogP contribution in [0, 0.1) is 0 Å². The molecular formula is C8H8BrNO3. The summed E-state index contributed by atoms with van der Waals surface area (Å²) in [6, 6.07) is 4.68. The summed E-state index contributed by atoms with van der Waals surface area (Å²) < 4.78 is 4.95. The summed E-state index contributed by atoms with van der Waals surface area (Å²) in [4.78, 5) is 10.8. The Bertz CT molecular complexity index is 327. The molecule has 0 fully saturated rings. The van der Waals surface area contributed by atoms with Crippen molar-refractivity contribution in [1.82, 2.24) is 0 Å². The summed E-state index contributed by atoms with van der Waals surface area (Å²) in [5.41, 5.74) is 0.479. The van der Waals surface area contributed by atoms with E-state index in [1.165, 1.54) is 13.2 Å². The standard InChI is InChI=1S/C8H8BrNO3/c1-13-8(12)10-5-2-3-6(9)7(11)4-5/h2-4,11H,1H3,(H,10,12). The van der Waals surface area contributed by atoms with E-state index in [9.17, 15) is 9.90 Å². The Hall–Kier alpha value is -1.23. The Balaban J connectivity index is 2.79. The van der Waals surface area contributed by atoms with Crippen molar-refractivity contribution in [2.24, 2.45) is 0 Å². The zero-order valence-corrected chi connectivity index (χ0v) is 8.46. The molecule has 0 spiro atoms. The Morgan fingerprint density at radius 1 is 1.62 bits per heavy atom. The molecule has 0 saturated carbocycles. The molecule has 0 heterocycles. The second-order valence-electron chi connectivity index (χ2n) is 2.28. The zero-order chi connectivity index (χ0) is 9.84. The van der Waals surface area contributed by atoms with Gasteiger partial charge >= 0.3 is 6.09 Å². The van der Waals surface area contributed by atoms with Crippen LogP contribution in [0.25, 0.3) is 0 Å². The van der Waals surface area contributed by atoms with Gasteiger partial charge in [-0.3, -0.25) is 5.32 Å². The van der Waals surface area contributed by atoms with Crippen molar-refractivity contribution in [1.29, 1.82) is 0 Å². The molecule has 0 radical (unpaired) electrons. The third-order valence-electron chi connectivity index (χ3n) is 1.38. The van der Waals surface area contributed by atoms with Crippen molar-refractivity contribution in [2.45, 2.75) is 0 Å². The molecule has 0 unspecified atom stereocenters. The molecule has 0 aliphatic rings. The SMILES string of the molecule is COC(=O)Nc1ccc(Br)c(O)c1. The number of hydrogen-bond donors (Lipinski definition) is 2. The second-order valence-corrected chi connectivity index (χ2v) is 3.14. The van der Waals surface area contributed by atoms with Crippen LogP contribution >= 0.6 is 15.9 Å². The first-order chi connectivity index (χ1) is 6.13. The van der Waals surface area contributed by atoms with Gasteiger partial charge in [0.1, 0.15) is 5.75 Å². The molecule has 1 rings (SSSR count). The van der Waals surface area contributed by atoms with E-state index in [1.54, 1.807) is 12.1 Å². The minimum absolute atomic E-state index is 0.0638. The number of hydrogen-bond acceptors (Lipinski definition) is 3.